The second-order valence-electron chi connectivity index (χ2n) is 7.55. The number of carbonyl (C=O) groups excluding carboxylic acids is 1. The van der Waals surface area contributed by atoms with Gasteiger partial charge in [-0.05, 0) is 58.5 Å². The lowest BCUT2D eigenvalue weighted by Crippen LogP contribution is -2.50. The topological polar surface area (TPSA) is 49.6 Å². The van der Waals surface area contributed by atoms with Crippen molar-refractivity contribution in [2.45, 2.75) is 52.0 Å². The Morgan fingerprint density at radius 1 is 1.10 bits per heavy atom. The van der Waals surface area contributed by atoms with E-state index in [-0.39, 0.29) is 11.5 Å². The van der Waals surface area contributed by atoms with Gasteiger partial charge in [-0.3, -0.25) is 4.79 Å². The van der Waals surface area contributed by atoms with Crippen LogP contribution in [0.3, 0.4) is 0 Å². The van der Waals surface area contributed by atoms with Crippen LogP contribution in [0.1, 0.15) is 46.5 Å². The van der Waals surface area contributed by atoms with E-state index < -0.39 is 0 Å². The van der Waals surface area contributed by atoms with Crippen LogP contribution < -0.4 is 5.73 Å². The summed E-state index contributed by atoms with van der Waals surface area (Å²) in [4.78, 5) is 17.0. The Hall–Kier alpha value is -0.610. The molecule has 2 rings (SSSR count). The molecule has 0 saturated carbocycles. The first kappa shape index (κ1) is 15.8. The third kappa shape index (κ3) is 4.45. The minimum atomic E-state index is -0.139. The quantitative estimate of drug-likeness (QED) is 0.856. The molecule has 0 aliphatic carbocycles. The maximum absolute atomic E-state index is 12.5. The number of amides is 1. The Morgan fingerprint density at radius 2 is 1.65 bits per heavy atom. The van der Waals surface area contributed by atoms with Gasteiger partial charge in [-0.25, -0.2) is 0 Å². The maximum atomic E-state index is 12.5. The molecule has 0 atom stereocenters. The molecule has 0 radical (unpaired) electrons. The molecule has 2 N–H and O–H groups in total. The standard InChI is InChI=1S/C16H31N3O/c1-13-4-10-19(11-5-13)15(20)14-6-8-18(9-7-14)12-16(2,3)17/h13-14H,4-12,17H2,1-3H3. The monoisotopic (exact) mass is 281 g/mol. The molecule has 0 unspecified atom stereocenters. The van der Waals surface area contributed by atoms with Crippen LogP contribution in [0.15, 0.2) is 0 Å². The van der Waals surface area contributed by atoms with Crippen molar-refractivity contribution in [2.75, 3.05) is 32.7 Å². The van der Waals surface area contributed by atoms with Gasteiger partial charge < -0.3 is 15.5 Å². The van der Waals surface area contributed by atoms with Crippen LogP contribution in [0.2, 0.25) is 0 Å². The van der Waals surface area contributed by atoms with Crippen molar-refractivity contribution in [1.29, 1.82) is 0 Å². The fourth-order valence-electron chi connectivity index (χ4n) is 3.40. The number of nitrogens with zero attached hydrogens (tertiary/aromatic N) is 2. The highest BCUT2D eigenvalue weighted by Gasteiger charge is 2.31. The molecule has 20 heavy (non-hydrogen) atoms. The van der Waals surface area contributed by atoms with E-state index in [1.54, 1.807) is 0 Å². The van der Waals surface area contributed by atoms with Crippen molar-refractivity contribution < 1.29 is 4.79 Å². The molecule has 2 heterocycles. The molecule has 116 valence electrons. The predicted molar refractivity (Wildman–Crippen MR) is 82.4 cm³/mol. The normalized spacial score (nSPS) is 24.1. The molecule has 2 saturated heterocycles. The number of rotatable bonds is 3. The van der Waals surface area contributed by atoms with E-state index in [1.165, 1.54) is 12.8 Å². The summed E-state index contributed by atoms with van der Waals surface area (Å²) in [5.41, 5.74) is 5.93. The first-order valence-corrected chi connectivity index (χ1v) is 8.15. The van der Waals surface area contributed by atoms with Crippen LogP contribution in [0.4, 0.5) is 0 Å². The first-order chi connectivity index (χ1) is 9.35. The molecular weight excluding hydrogens is 250 g/mol. The lowest BCUT2D eigenvalue weighted by atomic mass is 9.92. The van der Waals surface area contributed by atoms with E-state index in [4.69, 9.17) is 5.73 Å². The van der Waals surface area contributed by atoms with Crippen molar-refractivity contribution in [3.8, 4) is 0 Å². The summed E-state index contributed by atoms with van der Waals surface area (Å²) in [5, 5.41) is 0. The average molecular weight is 281 g/mol. The fourth-order valence-corrected chi connectivity index (χ4v) is 3.40. The van der Waals surface area contributed by atoms with E-state index >= 15 is 0 Å². The third-order valence-corrected chi connectivity index (χ3v) is 4.66. The Balaban J connectivity index is 1.77. The number of carbonyl (C=O) groups is 1. The van der Waals surface area contributed by atoms with E-state index in [0.717, 1.165) is 51.5 Å². The average Bonchev–Trinajstić information content (AvgIpc) is 2.38. The molecule has 2 aliphatic heterocycles. The van der Waals surface area contributed by atoms with E-state index in [9.17, 15) is 4.79 Å². The summed E-state index contributed by atoms with van der Waals surface area (Å²) in [6.45, 7) is 11.3. The largest absolute Gasteiger partial charge is 0.342 e. The van der Waals surface area contributed by atoms with Gasteiger partial charge >= 0.3 is 0 Å². The summed E-state index contributed by atoms with van der Waals surface area (Å²) < 4.78 is 0. The van der Waals surface area contributed by atoms with Gasteiger partial charge in [-0.15, -0.1) is 0 Å². The van der Waals surface area contributed by atoms with Gasteiger partial charge in [-0.2, -0.15) is 0 Å². The molecule has 2 fully saturated rings. The second-order valence-corrected chi connectivity index (χ2v) is 7.55. The van der Waals surface area contributed by atoms with Gasteiger partial charge in [0.25, 0.3) is 0 Å². The number of hydrogen-bond donors (Lipinski definition) is 1. The van der Waals surface area contributed by atoms with Gasteiger partial charge in [0.2, 0.25) is 5.91 Å². The number of likely N-dealkylation sites (tertiary alicyclic amines) is 2. The van der Waals surface area contributed by atoms with Crippen molar-refractivity contribution in [1.82, 2.24) is 9.80 Å². The van der Waals surface area contributed by atoms with Crippen LogP contribution in [0, 0.1) is 11.8 Å². The number of hydrogen-bond acceptors (Lipinski definition) is 3. The highest BCUT2D eigenvalue weighted by Crippen LogP contribution is 2.24. The summed E-state index contributed by atoms with van der Waals surface area (Å²) in [7, 11) is 0. The zero-order chi connectivity index (χ0) is 14.8. The zero-order valence-corrected chi connectivity index (χ0v) is 13.4. The van der Waals surface area contributed by atoms with E-state index in [1.807, 2.05) is 0 Å². The van der Waals surface area contributed by atoms with Crippen LogP contribution in [0.5, 0.6) is 0 Å². The van der Waals surface area contributed by atoms with E-state index in [2.05, 4.69) is 30.6 Å². The minimum absolute atomic E-state index is 0.139. The van der Waals surface area contributed by atoms with Gasteiger partial charge in [0.05, 0.1) is 0 Å². The second kappa shape index (κ2) is 6.44. The number of piperidine rings is 2. The number of nitrogens with two attached hydrogens (primary N) is 1. The molecule has 4 heteroatoms. The molecule has 0 aromatic heterocycles. The Bertz CT molecular complexity index is 321. The minimum Gasteiger partial charge on any atom is -0.342 e. The summed E-state index contributed by atoms with van der Waals surface area (Å²) in [5.74, 6) is 1.44. The Kier molecular flexibility index (Phi) is 5.08. The highest BCUT2D eigenvalue weighted by atomic mass is 16.2. The molecular formula is C16H31N3O. The van der Waals surface area contributed by atoms with Gasteiger partial charge in [0.1, 0.15) is 0 Å². The lowest BCUT2D eigenvalue weighted by Gasteiger charge is -2.38. The molecule has 0 spiro atoms. The van der Waals surface area contributed by atoms with Crippen molar-refractivity contribution in [3.05, 3.63) is 0 Å². The van der Waals surface area contributed by atoms with Gasteiger partial charge in [0, 0.05) is 31.1 Å². The van der Waals surface area contributed by atoms with Gasteiger partial charge in [-0.1, -0.05) is 6.92 Å². The summed E-state index contributed by atoms with van der Waals surface area (Å²) in [6, 6.07) is 0. The molecule has 0 aromatic carbocycles. The van der Waals surface area contributed by atoms with Crippen molar-refractivity contribution >= 4 is 5.91 Å². The summed E-state index contributed by atoms with van der Waals surface area (Å²) >= 11 is 0. The van der Waals surface area contributed by atoms with Crippen molar-refractivity contribution in [2.24, 2.45) is 17.6 Å². The van der Waals surface area contributed by atoms with E-state index in [0.29, 0.717) is 5.91 Å². The fraction of sp³-hybridized carbons (Fsp3) is 0.938. The van der Waals surface area contributed by atoms with Crippen LogP contribution in [-0.4, -0.2) is 54.0 Å². The molecule has 1 amide bonds. The molecule has 0 aromatic rings. The smallest absolute Gasteiger partial charge is 0.225 e. The summed E-state index contributed by atoms with van der Waals surface area (Å²) in [6.07, 6.45) is 4.35. The predicted octanol–water partition coefficient (Wildman–Crippen LogP) is 1.69. The van der Waals surface area contributed by atoms with Crippen LogP contribution in [-0.2, 0) is 4.79 Å². The molecule has 4 nitrogen and oxygen atoms in total. The van der Waals surface area contributed by atoms with Gasteiger partial charge in [0.15, 0.2) is 0 Å². The van der Waals surface area contributed by atoms with Crippen molar-refractivity contribution in [3.63, 3.8) is 0 Å². The first-order valence-electron chi connectivity index (χ1n) is 8.15. The third-order valence-electron chi connectivity index (χ3n) is 4.66. The van der Waals surface area contributed by atoms with Crippen LogP contribution >= 0.6 is 0 Å². The SMILES string of the molecule is CC1CCN(C(=O)C2CCN(CC(C)(C)N)CC2)CC1. The maximum Gasteiger partial charge on any atom is 0.225 e. The van der Waals surface area contributed by atoms with Crippen LogP contribution in [0.25, 0.3) is 0 Å². The lowest BCUT2D eigenvalue weighted by molar-refractivity contribution is -0.138. The zero-order valence-electron chi connectivity index (χ0n) is 13.4. The molecule has 2 aliphatic rings. The Labute approximate surface area is 123 Å². The highest BCUT2D eigenvalue weighted by molar-refractivity contribution is 5.79. The Morgan fingerprint density at radius 3 is 2.15 bits per heavy atom. The molecule has 0 bridgehead atoms.